The number of ether oxygens (including phenoxy) is 1. The van der Waals surface area contributed by atoms with E-state index in [1.807, 2.05) is 0 Å². The molecule has 1 aliphatic rings. The minimum Gasteiger partial charge on any atom is -0.490 e. The fraction of sp³-hybridized carbons (Fsp3) is 0.500. The summed E-state index contributed by atoms with van der Waals surface area (Å²) in [6, 6.07) is 8.51. The van der Waals surface area contributed by atoms with Crippen LogP contribution in [0, 0.1) is 0 Å². The lowest BCUT2D eigenvalue weighted by molar-refractivity contribution is 0.303. The molecule has 0 aliphatic heterocycles. The van der Waals surface area contributed by atoms with Crippen LogP contribution in [0.2, 0.25) is 0 Å². The van der Waals surface area contributed by atoms with Gasteiger partial charge >= 0.3 is 0 Å². The Hall–Kier alpha value is -0.980. The Morgan fingerprint density at radius 2 is 1.92 bits per heavy atom. The summed E-state index contributed by atoms with van der Waals surface area (Å²) in [6.45, 7) is 2.20. The van der Waals surface area contributed by atoms with Gasteiger partial charge in [0.05, 0.1) is 6.10 Å². The van der Waals surface area contributed by atoms with Gasteiger partial charge in [0, 0.05) is 0 Å². The highest BCUT2D eigenvalue weighted by Gasteiger charge is 2.23. The summed E-state index contributed by atoms with van der Waals surface area (Å²) in [7, 11) is 0. The Kier molecular flexibility index (Phi) is 2.53. The third kappa shape index (κ3) is 2.48. The quantitative estimate of drug-likeness (QED) is 0.684. The van der Waals surface area contributed by atoms with Gasteiger partial charge in [-0.15, -0.1) is 0 Å². The SMILES string of the molecule is CCCc1ccc(OC2CC2)cc1. The molecule has 1 saturated carbocycles. The maximum atomic E-state index is 5.66. The largest absolute Gasteiger partial charge is 0.490 e. The van der Waals surface area contributed by atoms with Crippen molar-refractivity contribution in [1.82, 2.24) is 0 Å². The first-order valence-electron chi connectivity index (χ1n) is 5.14. The zero-order chi connectivity index (χ0) is 9.10. The summed E-state index contributed by atoms with van der Waals surface area (Å²) in [6.07, 6.45) is 5.36. The number of hydrogen-bond acceptors (Lipinski definition) is 1. The van der Waals surface area contributed by atoms with Crippen LogP contribution < -0.4 is 4.74 Å². The molecule has 0 heterocycles. The first kappa shape index (κ1) is 8.61. The van der Waals surface area contributed by atoms with Crippen molar-refractivity contribution in [2.45, 2.75) is 38.7 Å². The van der Waals surface area contributed by atoms with Gasteiger partial charge in [0.25, 0.3) is 0 Å². The van der Waals surface area contributed by atoms with E-state index in [0.717, 1.165) is 5.75 Å². The topological polar surface area (TPSA) is 9.23 Å². The molecular formula is C12H16O. The minimum absolute atomic E-state index is 0.511. The Bertz CT molecular complexity index is 259. The lowest BCUT2D eigenvalue weighted by atomic mass is 10.1. The van der Waals surface area contributed by atoms with Gasteiger partial charge in [0.2, 0.25) is 0 Å². The third-order valence-electron chi connectivity index (χ3n) is 2.29. The minimum atomic E-state index is 0.511. The van der Waals surface area contributed by atoms with Crippen LogP contribution in [-0.4, -0.2) is 6.10 Å². The predicted octanol–water partition coefficient (Wildman–Crippen LogP) is 3.18. The van der Waals surface area contributed by atoms with Crippen molar-refractivity contribution in [3.05, 3.63) is 29.8 Å². The van der Waals surface area contributed by atoms with Crippen molar-refractivity contribution in [2.75, 3.05) is 0 Å². The average Bonchev–Trinajstić information content (AvgIpc) is 2.93. The van der Waals surface area contributed by atoms with E-state index in [9.17, 15) is 0 Å². The molecule has 1 fully saturated rings. The number of aryl methyl sites for hydroxylation is 1. The van der Waals surface area contributed by atoms with E-state index in [1.165, 1.54) is 31.2 Å². The molecule has 0 unspecified atom stereocenters. The zero-order valence-electron chi connectivity index (χ0n) is 8.12. The van der Waals surface area contributed by atoms with E-state index in [-0.39, 0.29) is 0 Å². The van der Waals surface area contributed by atoms with E-state index < -0.39 is 0 Å². The van der Waals surface area contributed by atoms with E-state index in [4.69, 9.17) is 4.74 Å². The molecule has 1 nitrogen and oxygen atoms in total. The highest BCUT2D eigenvalue weighted by Crippen LogP contribution is 2.26. The highest BCUT2D eigenvalue weighted by atomic mass is 16.5. The molecule has 13 heavy (non-hydrogen) atoms. The molecule has 2 rings (SSSR count). The van der Waals surface area contributed by atoms with Crippen LogP contribution in [0.1, 0.15) is 31.7 Å². The second kappa shape index (κ2) is 3.82. The Morgan fingerprint density at radius 3 is 2.46 bits per heavy atom. The fourth-order valence-electron chi connectivity index (χ4n) is 1.40. The van der Waals surface area contributed by atoms with Crippen molar-refractivity contribution in [3.63, 3.8) is 0 Å². The standard InChI is InChI=1S/C12H16O/c1-2-3-10-4-6-11(7-5-10)13-12-8-9-12/h4-7,12H,2-3,8-9H2,1H3. The summed E-state index contributed by atoms with van der Waals surface area (Å²) in [4.78, 5) is 0. The smallest absolute Gasteiger partial charge is 0.119 e. The molecule has 0 N–H and O–H groups in total. The van der Waals surface area contributed by atoms with E-state index >= 15 is 0 Å². The van der Waals surface area contributed by atoms with E-state index in [0.29, 0.717) is 6.10 Å². The van der Waals surface area contributed by atoms with E-state index in [1.54, 1.807) is 0 Å². The molecule has 0 amide bonds. The van der Waals surface area contributed by atoms with Crippen molar-refractivity contribution in [1.29, 1.82) is 0 Å². The third-order valence-corrected chi connectivity index (χ3v) is 2.29. The number of hydrogen-bond donors (Lipinski definition) is 0. The highest BCUT2D eigenvalue weighted by molar-refractivity contribution is 5.27. The average molecular weight is 176 g/mol. The van der Waals surface area contributed by atoms with Crippen molar-refractivity contribution in [2.24, 2.45) is 0 Å². The fourth-order valence-corrected chi connectivity index (χ4v) is 1.40. The van der Waals surface area contributed by atoms with Gasteiger partial charge in [0.1, 0.15) is 5.75 Å². The lowest BCUT2D eigenvalue weighted by Crippen LogP contribution is -1.95. The molecule has 1 heteroatoms. The predicted molar refractivity (Wildman–Crippen MR) is 54.1 cm³/mol. The summed E-state index contributed by atoms with van der Waals surface area (Å²) >= 11 is 0. The molecule has 70 valence electrons. The molecule has 0 saturated heterocycles. The molecule has 1 aromatic rings. The van der Waals surface area contributed by atoms with Gasteiger partial charge in [0.15, 0.2) is 0 Å². The Balaban J connectivity index is 1.95. The van der Waals surface area contributed by atoms with Crippen LogP contribution in [0.3, 0.4) is 0 Å². The molecule has 1 aliphatic carbocycles. The molecular weight excluding hydrogens is 160 g/mol. The summed E-state index contributed by atoms with van der Waals surface area (Å²) in [5.74, 6) is 1.03. The molecule has 0 radical (unpaired) electrons. The van der Waals surface area contributed by atoms with Crippen LogP contribution in [0.15, 0.2) is 24.3 Å². The van der Waals surface area contributed by atoms with E-state index in [2.05, 4.69) is 31.2 Å². The summed E-state index contributed by atoms with van der Waals surface area (Å²) < 4.78 is 5.66. The maximum absolute atomic E-state index is 5.66. The van der Waals surface area contributed by atoms with Crippen LogP contribution in [-0.2, 0) is 6.42 Å². The first-order valence-corrected chi connectivity index (χ1v) is 5.14. The first-order chi connectivity index (χ1) is 6.38. The Labute approximate surface area is 79.7 Å². The summed E-state index contributed by atoms with van der Waals surface area (Å²) in [5, 5.41) is 0. The second-order valence-electron chi connectivity index (χ2n) is 3.71. The van der Waals surface area contributed by atoms with Gasteiger partial charge in [-0.25, -0.2) is 0 Å². The van der Waals surface area contributed by atoms with Gasteiger partial charge in [-0.3, -0.25) is 0 Å². The number of benzene rings is 1. The van der Waals surface area contributed by atoms with Gasteiger partial charge < -0.3 is 4.74 Å². The second-order valence-corrected chi connectivity index (χ2v) is 3.71. The van der Waals surface area contributed by atoms with Crippen molar-refractivity contribution < 1.29 is 4.74 Å². The van der Waals surface area contributed by atoms with Crippen molar-refractivity contribution in [3.8, 4) is 5.75 Å². The maximum Gasteiger partial charge on any atom is 0.119 e. The normalized spacial score (nSPS) is 15.8. The monoisotopic (exact) mass is 176 g/mol. The molecule has 0 bridgehead atoms. The molecule has 0 spiro atoms. The van der Waals surface area contributed by atoms with Gasteiger partial charge in [-0.2, -0.15) is 0 Å². The Morgan fingerprint density at radius 1 is 1.23 bits per heavy atom. The van der Waals surface area contributed by atoms with Crippen LogP contribution in [0.25, 0.3) is 0 Å². The summed E-state index contributed by atoms with van der Waals surface area (Å²) in [5.41, 5.74) is 1.41. The van der Waals surface area contributed by atoms with Gasteiger partial charge in [-0.05, 0) is 37.0 Å². The van der Waals surface area contributed by atoms with Crippen molar-refractivity contribution >= 4 is 0 Å². The van der Waals surface area contributed by atoms with Crippen LogP contribution in [0.4, 0.5) is 0 Å². The molecule has 1 aromatic carbocycles. The molecule has 0 atom stereocenters. The molecule has 0 aromatic heterocycles. The zero-order valence-corrected chi connectivity index (χ0v) is 8.12. The van der Waals surface area contributed by atoms with Crippen LogP contribution >= 0.6 is 0 Å². The van der Waals surface area contributed by atoms with Crippen LogP contribution in [0.5, 0.6) is 5.75 Å². The number of rotatable bonds is 4. The van der Waals surface area contributed by atoms with Gasteiger partial charge in [-0.1, -0.05) is 25.5 Å². The lowest BCUT2D eigenvalue weighted by Gasteiger charge is -2.04.